The van der Waals surface area contributed by atoms with E-state index in [2.05, 4.69) is 23.5 Å². The third-order valence-corrected chi connectivity index (χ3v) is 5.61. The number of rotatable bonds is 8. The van der Waals surface area contributed by atoms with Crippen LogP contribution in [0.2, 0.25) is 0 Å². The minimum atomic E-state index is -0.163. The first kappa shape index (κ1) is 23.1. The average Bonchev–Trinajstić information content (AvgIpc) is 2.86. The lowest BCUT2D eigenvalue weighted by Gasteiger charge is -2.14. The van der Waals surface area contributed by atoms with Crippen molar-refractivity contribution < 1.29 is 14.3 Å². The van der Waals surface area contributed by atoms with E-state index in [0.29, 0.717) is 24.5 Å². The lowest BCUT2D eigenvalue weighted by molar-refractivity contribution is 0.102. The first-order valence-corrected chi connectivity index (χ1v) is 11.5. The van der Waals surface area contributed by atoms with Crippen molar-refractivity contribution >= 4 is 11.6 Å². The Balaban J connectivity index is 1.49. The monoisotopic (exact) mass is 451 g/mol. The molecule has 0 atom stereocenters. The summed E-state index contributed by atoms with van der Waals surface area (Å²) in [4.78, 5) is 12.9. The van der Waals surface area contributed by atoms with Crippen LogP contribution in [0.1, 0.15) is 34.0 Å². The molecule has 0 spiro atoms. The van der Waals surface area contributed by atoms with Crippen LogP contribution in [0.3, 0.4) is 0 Å². The molecule has 4 rings (SSSR count). The van der Waals surface area contributed by atoms with E-state index in [1.807, 2.05) is 87.5 Å². The number of anilines is 1. The van der Waals surface area contributed by atoms with E-state index in [0.717, 1.165) is 39.3 Å². The molecule has 4 aromatic rings. The standard InChI is InChI=1S/C30H29NO3/c1-4-33-29-17-13-25(30(32)31-28-16-10-21(2)18-22(28)3)19-26(29)20-34-27-14-11-24(12-15-27)23-8-6-5-7-9-23/h5-19H,4,20H2,1-3H3,(H,31,32). The molecule has 0 aliphatic rings. The molecule has 34 heavy (non-hydrogen) atoms. The molecule has 4 aromatic carbocycles. The normalized spacial score (nSPS) is 10.6. The molecule has 1 N–H and O–H groups in total. The predicted molar refractivity (Wildman–Crippen MR) is 138 cm³/mol. The smallest absolute Gasteiger partial charge is 0.255 e. The quantitative estimate of drug-likeness (QED) is 0.308. The highest BCUT2D eigenvalue weighted by Gasteiger charge is 2.13. The topological polar surface area (TPSA) is 47.6 Å². The Morgan fingerprint density at radius 2 is 1.53 bits per heavy atom. The Morgan fingerprint density at radius 1 is 0.794 bits per heavy atom. The number of benzene rings is 4. The van der Waals surface area contributed by atoms with Crippen molar-refractivity contribution in [2.45, 2.75) is 27.4 Å². The summed E-state index contributed by atoms with van der Waals surface area (Å²) in [7, 11) is 0. The van der Waals surface area contributed by atoms with Crippen molar-refractivity contribution in [1.29, 1.82) is 0 Å². The van der Waals surface area contributed by atoms with Gasteiger partial charge in [0.15, 0.2) is 0 Å². The number of ether oxygens (including phenoxy) is 2. The third-order valence-electron chi connectivity index (χ3n) is 5.61. The number of amides is 1. The van der Waals surface area contributed by atoms with Gasteiger partial charge in [-0.2, -0.15) is 0 Å². The zero-order chi connectivity index (χ0) is 23.9. The number of nitrogens with one attached hydrogen (secondary N) is 1. The van der Waals surface area contributed by atoms with Crippen molar-refractivity contribution in [3.05, 3.63) is 113 Å². The average molecular weight is 452 g/mol. The van der Waals surface area contributed by atoms with E-state index >= 15 is 0 Å². The summed E-state index contributed by atoms with van der Waals surface area (Å²) in [5, 5.41) is 3.01. The van der Waals surface area contributed by atoms with Gasteiger partial charge in [-0.3, -0.25) is 4.79 Å². The SMILES string of the molecule is CCOc1ccc(C(=O)Nc2ccc(C)cc2C)cc1COc1ccc(-c2ccccc2)cc1. The van der Waals surface area contributed by atoms with Gasteiger partial charge < -0.3 is 14.8 Å². The molecule has 172 valence electrons. The maximum Gasteiger partial charge on any atom is 0.255 e. The molecule has 0 radical (unpaired) electrons. The third kappa shape index (κ3) is 5.65. The Bertz CT molecular complexity index is 1260. The summed E-state index contributed by atoms with van der Waals surface area (Å²) in [5.74, 6) is 1.31. The van der Waals surface area contributed by atoms with E-state index in [1.54, 1.807) is 6.07 Å². The van der Waals surface area contributed by atoms with Gasteiger partial charge in [0, 0.05) is 16.8 Å². The molecule has 0 bridgehead atoms. The maximum absolute atomic E-state index is 12.9. The first-order chi connectivity index (χ1) is 16.5. The summed E-state index contributed by atoms with van der Waals surface area (Å²) >= 11 is 0. The second-order valence-corrected chi connectivity index (χ2v) is 8.21. The zero-order valence-electron chi connectivity index (χ0n) is 19.8. The van der Waals surface area contributed by atoms with Gasteiger partial charge in [0.2, 0.25) is 0 Å². The lowest BCUT2D eigenvalue weighted by Crippen LogP contribution is -2.14. The van der Waals surface area contributed by atoms with Gasteiger partial charge >= 0.3 is 0 Å². The summed E-state index contributed by atoms with van der Waals surface area (Å²) in [6.45, 7) is 6.79. The van der Waals surface area contributed by atoms with Crippen LogP contribution in [0.4, 0.5) is 5.69 Å². The van der Waals surface area contributed by atoms with Crippen molar-refractivity contribution in [3.8, 4) is 22.6 Å². The van der Waals surface area contributed by atoms with Gasteiger partial charge in [-0.15, -0.1) is 0 Å². The highest BCUT2D eigenvalue weighted by molar-refractivity contribution is 6.04. The fraction of sp³-hybridized carbons (Fsp3) is 0.167. The van der Waals surface area contributed by atoms with Crippen LogP contribution in [0.5, 0.6) is 11.5 Å². The van der Waals surface area contributed by atoms with Crippen LogP contribution in [0, 0.1) is 13.8 Å². The minimum Gasteiger partial charge on any atom is -0.493 e. The van der Waals surface area contributed by atoms with E-state index in [1.165, 1.54) is 0 Å². The number of aryl methyl sites for hydroxylation is 2. The van der Waals surface area contributed by atoms with Crippen molar-refractivity contribution in [2.24, 2.45) is 0 Å². The molecule has 0 aromatic heterocycles. The Morgan fingerprint density at radius 3 is 2.24 bits per heavy atom. The van der Waals surface area contributed by atoms with Gasteiger partial charge in [-0.1, -0.05) is 60.2 Å². The molecular weight excluding hydrogens is 422 g/mol. The highest BCUT2D eigenvalue weighted by Crippen LogP contribution is 2.26. The fourth-order valence-electron chi connectivity index (χ4n) is 3.81. The van der Waals surface area contributed by atoms with Crippen LogP contribution in [0.25, 0.3) is 11.1 Å². The van der Waals surface area contributed by atoms with Crippen LogP contribution in [-0.4, -0.2) is 12.5 Å². The molecule has 0 unspecified atom stereocenters. The molecule has 0 saturated carbocycles. The van der Waals surface area contributed by atoms with Crippen LogP contribution >= 0.6 is 0 Å². The van der Waals surface area contributed by atoms with Gasteiger partial charge in [0.05, 0.1) is 6.61 Å². The Labute approximate surface area is 201 Å². The lowest BCUT2D eigenvalue weighted by atomic mass is 10.1. The molecule has 0 aliphatic carbocycles. The van der Waals surface area contributed by atoms with Crippen LogP contribution in [0.15, 0.2) is 91.0 Å². The fourth-order valence-corrected chi connectivity index (χ4v) is 3.81. The van der Waals surface area contributed by atoms with Gasteiger partial charge in [0.25, 0.3) is 5.91 Å². The summed E-state index contributed by atoms with van der Waals surface area (Å²) in [6, 6.07) is 29.6. The molecule has 0 saturated heterocycles. The number of hydrogen-bond acceptors (Lipinski definition) is 3. The van der Waals surface area contributed by atoms with Gasteiger partial charge in [-0.05, 0) is 73.9 Å². The first-order valence-electron chi connectivity index (χ1n) is 11.5. The predicted octanol–water partition coefficient (Wildman–Crippen LogP) is 7.20. The second kappa shape index (κ2) is 10.7. The number of carbonyl (C=O) groups excluding carboxylic acids is 1. The van der Waals surface area contributed by atoms with E-state index < -0.39 is 0 Å². The summed E-state index contributed by atoms with van der Waals surface area (Å²) in [5.41, 5.74) is 6.67. The van der Waals surface area contributed by atoms with Crippen molar-refractivity contribution in [3.63, 3.8) is 0 Å². The van der Waals surface area contributed by atoms with Gasteiger partial charge in [0.1, 0.15) is 18.1 Å². The zero-order valence-corrected chi connectivity index (χ0v) is 19.8. The number of carbonyl (C=O) groups is 1. The van der Waals surface area contributed by atoms with Crippen LogP contribution < -0.4 is 14.8 Å². The van der Waals surface area contributed by atoms with E-state index in [9.17, 15) is 4.79 Å². The molecule has 0 aliphatic heterocycles. The minimum absolute atomic E-state index is 0.163. The molecule has 1 amide bonds. The molecular formula is C30H29NO3. The summed E-state index contributed by atoms with van der Waals surface area (Å²) in [6.07, 6.45) is 0. The van der Waals surface area contributed by atoms with Crippen molar-refractivity contribution in [1.82, 2.24) is 0 Å². The van der Waals surface area contributed by atoms with Gasteiger partial charge in [-0.25, -0.2) is 0 Å². The second-order valence-electron chi connectivity index (χ2n) is 8.21. The van der Waals surface area contributed by atoms with E-state index in [-0.39, 0.29) is 5.91 Å². The Kier molecular flexibility index (Phi) is 7.28. The molecule has 4 heteroatoms. The molecule has 4 nitrogen and oxygen atoms in total. The molecule has 0 heterocycles. The molecule has 0 fully saturated rings. The largest absolute Gasteiger partial charge is 0.493 e. The Hall–Kier alpha value is -4.05. The van der Waals surface area contributed by atoms with E-state index in [4.69, 9.17) is 9.47 Å². The number of hydrogen-bond donors (Lipinski definition) is 1. The highest BCUT2D eigenvalue weighted by atomic mass is 16.5. The van der Waals surface area contributed by atoms with Crippen LogP contribution in [-0.2, 0) is 6.61 Å². The maximum atomic E-state index is 12.9. The van der Waals surface area contributed by atoms with Crippen molar-refractivity contribution in [2.75, 3.05) is 11.9 Å². The summed E-state index contributed by atoms with van der Waals surface area (Å²) < 4.78 is 11.8.